The van der Waals surface area contributed by atoms with Gasteiger partial charge in [-0.25, -0.2) is 4.90 Å². The lowest BCUT2D eigenvalue weighted by Crippen LogP contribution is -2.53. The van der Waals surface area contributed by atoms with Crippen molar-refractivity contribution >= 4 is 29.1 Å². The van der Waals surface area contributed by atoms with E-state index >= 15 is 0 Å². The number of imide groups is 1. The molecule has 170 valence electrons. The molecule has 3 N–H and O–H groups in total. The quantitative estimate of drug-likeness (QED) is 0.530. The zero-order valence-corrected chi connectivity index (χ0v) is 18.5. The molecule has 0 unspecified atom stereocenters. The minimum absolute atomic E-state index is 0.152. The van der Waals surface area contributed by atoms with Crippen molar-refractivity contribution in [3.05, 3.63) is 89.5 Å². The predicted molar refractivity (Wildman–Crippen MR) is 126 cm³/mol. The van der Waals surface area contributed by atoms with E-state index in [9.17, 15) is 19.5 Å². The summed E-state index contributed by atoms with van der Waals surface area (Å²) >= 11 is 0. The third kappa shape index (κ3) is 2.77. The molecule has 3 aliphatic rings. The van der Waals surface area contributed by atoms with Crippen LogP contribution in [0.1, 0.15) is 16.7 Å². The van der Waals surface area contributed by atoms with E-state index < -0.39 is 23.4 Å². The van der Waals surface area contributed by atoms with Crippen molar-refractivity contribution in [1.29, 1.82) is 0 Å². The first-order valence-corrected chi connectivity index (χ1v) is 11.3. The van der Waals surface area contributed by atoms with Gasteiger partial charge in [-0.1, -0.05) is 48.0 Å². The monoisotopic (exact) mass is 453 g/mol. The topological polar surface area (TPSA) is 98.7 Å². The molecule has 4 atom stereocenters. The van der Waals surface area contributed by atoms with Crippen molar-refractivity contribution < 1.29 is 19.5 Å². The van der Waals surface area contributed by atoms with Crippen LogP contribution in [0.2, 0.25) is 0 Å². The molecule has 3 heterocycles. The van der Waals surface area contributed by atoms with Crippen molar-refractivity contribution in [3.63, 3.8) is 0 Å². The largest absolute Gasteiger partial charge is 0.508 e. The van der Waals surface area contributed by atoms with Gasteiger partial charge < -0.3 is 10.4 Å². The van der Waals surface area contributed by atoms with Crippen molar-refractivity contribution in [2.45, 2.75) is 24.9 Å². The summed E-state index contributed by atoms with van der Waals surface area (Å²) in [7, 11) is 0. The summed E-state index contributed by atoms with van der Waals surface area (Å²) in [6.07, 6.45) is 0.430. The number of aryl methyl sites for hydroxylation is 1. The third-order valence-electron chi connectivity index (χ3n) is 7.31. The number of amides is 3. The number of para-hydroxylation sites is 1. The van der Waals surface area contributed by atoms with Crippen molar-refractivity contribution in [1.82, 2.24) is 5.32 Å². The molecule has 7 heteroatoms. The van der Waals surface area contributed by atoms with Gasteiger partial charge in [0.05, 0.1) is 17.5 Å². The molecule has 0 bridgehead atoms. The van der Waals surface area contributed by atoms with Crippen LogP contribution in [0, 0.1) is 18.8 Å². The Hall–Kier alpha value is -3.97. The van der Waals surface area contributed by atoms with E-state index in [1.165, 1.54) is 4.90 Å². The molecule has 3 aromatic carbocycles. The van der Waals surface area contributed by atoms with Crippen LogP contribution in [-0.2, 0) is 26.3 Å². The van der Waals surface area contributed by atoms with Gasteiger partial charge in [0.2, 0.25) is 17.7 Å². The molecule has 3 aromatic rings. The molecule has 0 radical (unpaired) electrons. The minimum atomic E-state index is -1.32. The maximum Gasteiger partial charge on any atom is 0.250 e. The first kappa shape index (κ1) is 20.6. The molecule has 0 aliphatic carbocycles. The number of carbonyl (C=O) groups excluding carboxylic acids is 3. The molecule has 2 saturated heterocycles. The Morgan fingerprint density at radius 2 is 1.62 bits per heavy atom. The van der Waals surface area contributed by atoms with E-state index in [0.717, 1.165) is 11.1 Å². The fourth-order valence-electron chi connectivity index (χ4n) is 5.77. The molecule has 6 rings (SSSR count). The maximum atomic E-state index is 13.9. The fraction of sp³-hybridized carbons (Fsp3) is 0.222. The Labute approximate surface area is 196 Å². The molecule has 7 nitrogen and oxygen atoms in total. The second-order valence-electron chi connectivity index (χ2n) is 9.28. The molecule has 3 aliphatic heterocycles. The van der Waals surface area contributed by atoms with Gasteiger partial charge in [0, 0.05) is 17.3 Å². The Balaban J connectivity index is 1.48. The van der Waals surface area contributed by atoms with Crippen LogP contribution in [0.4, 0.5) is 11.4 Å². The number of phenolic OH excluding ortho intramolecular Hbond substituents is 1. The van der Waals surface area contributed by atoms with Crippen molar-refractivity contribution in [2.24, 2.45) is 11.8 Å². The van der Waals surface area contributed by atoms with Gasteiger partial charge in [-0.05, 0) is 49.2 Å². The average Bonchev–Trinajstić information content (AvgIpc) is 3.41. The standard InChI is InChI=1S/C27H23N3O4/c1-15-6-10-17(11-7-15)30-24(32)22-21(14-16-8-12-18(31)13-9-16)29-27(23(22)25(30)33)19-4-2-3-5-20(19)28-26(27)34/h2-13,21-23,29,31H,14H2,1H3,(H,28,34)/t21-,22-,23-,27-/m0/s1. The number of phenols is 1. The molecular formula is C27H23N3O4. The Bertz CT molecular complexity index is 1330. The summed E-state index contributed by atoms with van der Waals surface area (Å²) in [6.45, 7) is 1.94. The molecule has 3 amide bonds. The second-order valence-corrected chi connectivity index (χ2v) is 9.28. The highest BCUT2D eigenvalue weighted by atomic mass is 16.3. The minimum Gasteiger partial charge on any atom is -0.508 e. The Morgan fingerprint density at radius 1 is 0.912 bits per heavy atom. The summed E-state index contributed by atoms with van der Waals surface area (Å²) in [6, 6.07) is 20.9. The van der Waals surface area contributed by atoms with Gasteiger partial charge in [0.15, 0.2) is 0 Å². The number of benzene rings is 3. The van der Waals surface area contributed by atoms with Gasteiger partial charge in [-0.15, -0.1) is 0 Å². The molecular weight excluding hydrogens is 430 g/mol. The van der Waals surface area contributed by atoms with E-state index in [0.29, 0.717) is 23.4 Å². The summed E-state index contributed by atoms with van der Waals surface area (Å²) < 4.78 is 0. The highest BCUT2D eigenvalue weighted by Gasteiger charge is 2.70. The van der Waals surface area contributed by atoms with Crippen LogP contribution in [0.15, 0.2) is 72.8 Å². The maximum absolute atomic E-state index is 13.9. The zero-order chi connectivity index (χ0) is 23.6. The molecule has 0 saturated carbocycles. The number of nitrogens with one attached hydrogen (secondary N) is 2. The van der Waals surface area contributed by atoms with Crippen LogP contribution in [0.3, 0.4) is 0 Å². The van der Waals surface area contributed by atoms with E-state index in [1.807, 2.05) is 43.3 Å². The predicted octanol–water partition coefficient (Wildman–Crippen LogP) is 2.87. The molecule has 34 heavy (non-hydrogen) atoms. The zero-order valence-electron chi connectivity index (χ0n) is 18.5. The van der Waals surface area contributed by atoms with E-state index in [2.05, 4.69) is 10.6 Å². The Kier molecular flexibility index (Phi) is 4.41. The number of carbonyl (C=O) groups is 3. The van der Waals surface area contributed by atoms with Crippen LogP contribution in [0.5, 0.6) is 5.75 Å². The summed E-state index contributed by atoms with van der Waals surface area (Å²) in [5, 5.41) is 16.0. The lowest BCUT2D eigenvalue weighted by Gasteiger charge is -2.29. The Morgan fingerprint density at radius 3 is 2.35 bits per heavy atom. The summed E-state index contributed by atoms with van der Waals surface area (Å²) in [5.74, 6) is -2.41. The van der Waals surface area contributed by atoms with E-state index in [-0.39, 0.29) is 23.5 Å². The first-order chi connectivity index (χ1) is 16.4. The smallest absolute Gasteiger partial charge is 0.250 e. The van der Waals surface area contributed by atoms with Crippen LogP contribution < -0.4 is 15.5 Å². The highest BCUT2D eigenvalue weighted by Crippen LogP contribution is 2.53. The van der Waals surface area contributed by atoms with Gasteiger partial charge in [-0.2, -0.15) is 0 Å². The number of nitrogens with zero attached hydrogens (tertiary/aromatic N) is 1. The summed E-state index contributed by atoms with van der Waals surface area (Å²) in [4.78, 5) is 42.4. The normalized spacial score (nSPS) is 27.3. The molecule has 0 aromatic heterocycles. The van der Waals surface area contributed by atoms with Gasteiger partial charge >= 0.3 is 0 Å². The SMILES string of the molecule is Cc1ccc(N2C(=O)[C@H]3[C@H](Cc4ccc(O)cc4)N[C@]4(C(=O)Nc5ccccc54)[C@@H]3C2=O)cc1. The molecule has 1 spiro atoms. The average molecular weight is 453 g/mol. The number of fused-ring (bicyclic) bond motifs is 4. The van der Waals surface area contributed by atoms with Gasteiger partial charge in [-0.3, -0.25) is 19.7 Å². The highest BCUT2D eigenvalue weighted by molar-refractivity contribution is 6.25. The number of rotatable bonds is 3. The number of hydrogen-bond acceptors (Lipinski definition) is 5. The third-order valence-corrected chi connectivity index (χ3v) is 7.31. The van der Waals surface area contributed by atoms with Crippen LogP contribution >= 0.6 is 0 Å². The fourth-order valence-corrected chi connectivity index (χ4v) is 5.77. The van der Waals surface area contributed by atoms with Crippen LogP contribution in [-0.4, -0.2) is 28.9 Å². The lowest BCUT2D eigenvalue weighted by atomic mass is 9.76. The molecule has 2 fully saturated rings. The second kappa shape index (κ2) is 7.27. The number of hydrogen-bond donors (Lipinski definition) is 3. The van der Waals surface area contributed by atoms with Gasteiger partial charge in [0.1, 0.15) is 11.3 Å². The van der Waals surface area contributed by atoms with E-state index in [4.69, 9.17) is 0 Å². The van der Waals surface area contributed by atoms with Crippen LogP contribution in [0.25, 0.3) is 0 Å². The van der Waals surface area contributed by atoms with E-state index in [1.54, 1.807) is 36.4 Å². The van der Waals surface area contributed by atoms with Crippen molar-refractivity contribution in [3.8, 4) is 5.75 Å². The first-order valence-electron chi connectivity index (χ1n) is 11.3. The number of anilines is 2. The lowest BCUT2D eigenvalue weighted by molar-refractivity contribution is -0.130. The van der Waals surface area contributed by atoms with Gasteiger partial charge in [0.25, 0.3) is 0 Å². The summed E-state index contributed by atoms with van der Waals surface area (Å²) in [5.41, 5.74) is 2.45. The number of aromatic hydroxyl groups is 1. The van der Waals surface area contributed by atoms with Crippen molar-refractivity contribution in [2.75, 3.05) is 10.2 Å².